The minimum absolute atomic E-state index is 0.00579. The van der Waals surface area contributed by atoms with E-state index >= 15 is 0 Å². The molecule has 4 amide bonds. The van der Waals surface area contributed by atoms with E-state index in [0.717, 1.165) is 12.8 Å². The first-order valence-electron chi connectivity index (χ1n) is 11.0. The summed E-state index contributed by atoms with van der Waals surface area (Å²) >= 11 is 0. The van der Waals surface area contributed by atoms with Crippen LogP contribution >= 0.6 is 0 Å². The third-order valence-electron chi connectivity index (χ3n) is 6.06. The van der Waals surface area contributed by atoms with Gasteiger partial charge in [0, 0.05) is 45.0 Å². The standard InChI is InChI=1S/C24H26N4O4/c29-21(8-4-12-28-23(31)19-6-1-2-7-20(19)24(28)32)26-15-17-9-13-27(14-10-17)22(30)18-5-3-11-25-16-18/h1-3,5-7,11,16-17H,4,8-10,12-15H2,(H,26,29). The van der Waals surface area contributed by atoms with Crippen molar-refractivity contribution in [3.8, 4) is 0 Å². The fraction of sp³-hybridized carbons (Fsp3) is 0.375. The molecule has 1 N–H and O–H groups in total. The minimum atomic E-state index is -0.293. The number of piperidine rings is 1. The molecule has 1 aromatic carbocycles. The van der Waals surface area contributed by atoms with E-state index in [0.29, 0.717) is 48.7 Å². The molecule has 1 saturated heterocycles. The third kappa shape index (κ3) is 4.69. The first-order valence-corrected chi connectivity index (χ1v) is 11.0. The highest BCUT2D eigenvalue weighted by atomic mass is 16.2. The molecule has 2 aliphatic heterocycles. The van der Waals surface area contributed by atoms with Crippen molar-refractivity contribution in [3.63, 3.8) is 0 Å². The minimum Gasteiger partial charge on any atom is -0.356 e. The van der Waals surface area contributed by atoms with Gasteiger partial charge in [-0.2, -0.15) is 0 Å². The van der Waals surface area contributed by atoms with E-state index < -0.39 is 0 Å². The van der Waals surface area contributed by atoms with Gasteiger partial charge in [0.05, 0.1) is 16.7 Å². The number of carbonyl (C=O) groups excluding carboxylic acids is 4. The Bertz CT molecular complexity index is 981. The van der Waals surface area contributed by atoms with Crippen LogP contribution in [-0.4, -0.2) is 64.6 Å². The van der Waals surface area contributed by atoms with Gasteiger partial charge in [0.15, 0.2) is 0 Å². The number of fused-ring (bicyclic) bond motifs is 1. The molecule has 0 spiro atoms. The van der Waals surface area contributed by atoms with Gasteiger partial charge in [-0.25, -0.2) is 0 Å². The number of pyridine rings is 1. The molecule has 1 aromatic heterocycles. The second-order valence-corrected chi connectivity index (χ2v) is 8.19. The van der Waals surface area contributed by atoms with Gasteiger partial charge in [-0.05, 0) is 49.4 Å². The zero-order valence-electron chi connectivity index (χ0n) is 17.8. The molecular weight excluding hydrogens is 408 g/mol. The molecule has 32 heavy (non-hydrogen) atoms. The molecular formula is C24H26N4O4. The molecule has 2 aromatic rings. The number of carbonyl (C=O) groups is 4. The van der Waals surface area contributed by atoms with Gasteiger partial charge < -0.3 is 10.2 Å². The Kier molecular flexibility index (Phi) is 6.58. The quantitative estimate of drug-likeness (QED) is 0.673. The van der Waals surface area contributed by atoms with E-state index in [1.165, 1.54) is 4.90 Å². The average Bonchev–Trinajstić information content (AvgIpc) is 3.08. The molecule has 4 rings (SSSR count). The van der Waals surface area contributed by atoms with Gasteiger partial charge >= 0.3 is 0 Å². The van der Waals surface area contributed by atoms with Crippen LogP contribution in [0.5, 0.6) is 0 Å². The molecule has 0 saturated carbocycles. The molecule has 166 valence electrons. The Balaban J connectivity index is 1.15. The third-order valence-corrected chi connectivity index (χ3v) is 6.06. The number of nitrogens with one attached hydrogen (secondary N) is 1. The lowest BCUT2D eigenvalue weighted by Gasteiger charge is -2.32. The van der Waals surface area contributed by atoms with E-state index in [1.807, 2.05) is 4.90 Å². The van der Waals surface area contributed by atoms with Crippen LogP contribution in [0.2, 0.25) is 0 Å². The lowest BCUT2D eigenvalue weighted by atomic mass is 9.96. The summed E-state index contributed by atoms with van der Waals surface area (Å²) in [7, 11) is 0. The number of rotatable bonds is 7. The summed E-state index contributed by atoms with van der Waals surface area (Å²) in [6.07, 6.45) is 5.58. The molecule has 8 heteroatoms. The van der Waals surface area contributed by atoms with Gasteiger partial charge in [0.2, 0.25) is 5.91 Å². The Morgan fingerprint density at radius 3 is 2.31 bits per heavy atom. The number of imide groups is 1. The molecule has 0 radical (unpaired) electrons. The number of hydrogen-bond donors (Lipinski definition) is 1. The van der Waals surface area contributed by atoms with Crippen LogP contribution in [0.4, 0.5) is 0 Å². The summed E-state index contributed by atoms with van der Waals surface area (Å²) in [5, 5.41) is 2.95. The van der Waals surface area contributed by atoms with Crippen molar-refractivity contribution in [3.05, 3.63) is 65.5 Å². The van der Waals surface area contributed by atoms with Crippen molar-refractivity contribution in [1.82, 2.24) is 20.1 Å². The maximum Gasteiger partial charge on any atom is 0.261 e. The van der Waals surface area contributed by atoms with Gasteiger partial charge in [0.25, 0.3) is 17.7 Å². The van der Waals surface area contributed by atoms with Crippen molar-refractivity contribution in [2.24, 2.45) is 5.92 Å². The Labute approximate surface area is 186 Å². The predicted molar refractivity (Wildman–Crippen MR) is 117 cm³/mol. The number of amides is 4. The average molecular weight is 434 g/mol. The predicted octanol–water partition coefficient (Wildman–Crippen LogP) is 2.13. The van der Waals surface area contributed by atoms with Gasteiger partial charge in [-0.15, -0.1) is 0 Å². The summed E-state index contributed by atoms with van der Waals surface area (Å²) in [4.78, 5) is 56.5. The first-order chi connectivity index (χ1) is 15.5. The SMILES string of the molecule is O=C(CCCN1C(=O)c2ccccc2C1=O)NCC1CCN(C(=O)c2cccnc2)CC1. The Morgan fingerprint density at radius 1 is 1.00 bits per heavy atom. The van der Waals surface area contributed by atoms with E-state index in [1.54, 1.807) is 48.8 Å². The van der Waals surface area contributed by atoms with Crippen molar-refractivity contribution in [2.75, 3.05) is 26.2 Å². The van der Waals surface area contributed by atoms with Gasteiger partial charge in [0.1, 0.15) is 0 Å². The molecule has 1 fully saturated rings. The van der Waals surface area contributed by atoms with Crippen molar-refractivity contribution >= 4 is 23.6 Å². The van der Waals surface area contributed by atoms with E-state index in [9.17, 15) is 19.2 Å². The van der Waals surface area contributed by atoms with Crippen LogP contribution in [0.3, 0.4) is 0 Å². The van der Waals surface area contributed by atoms with Crippen LogP contribution < -0.4 is 5.32 Å². The van der Waals surface area contributed by atoms with Crippen LogP contribution in [0.25, 0.3) is 0 Å². The molecule has 2 aliphatic rings. The second-order valence-electron chi connectivity index (χ2n) is 8.19. The van der Waals surface area contributed by atoms with Crippen molar-refractivity contribution in [1.29, 1.82) is 0 Å². The van der Waals surface area contributed by atoms with Crippen molar-refractivity contribution < 1.29 is 19.2 Å². The Morgan fingerprint density at radius 2 is 1.69 bits per heavy atom. The van der Waals surface area contributed by atoms with Crippen LogP contribution in [0.15, 0.2) is 48.8 Å². The first kappa shape index (κ1) is 21.7. The summed E-state index contributed by atoms with van der Waals surface area (Å²) in [5.74, 6) is -0.352. The zero-order chi connectivity index (χ0) is 22.5. The molecule has 0 aliphatic carbocycles. The smallest absolute Gasteiger partial charge is 0.261 e. The molecule has 3 heterocycles. The maximum absolute atomic E-state index is 12.5. The maximum atomic E-state index is 12.5. The van der Waals surface area contributed by atoms with Crippen LogP contribution in [0.1, 0.15) is 56.8 Å². The highest BCUT2D eigenvalue weighted by molar-refractivity contribution is 6.21. The van der Waals surface area contributed by atoms with Crippen LogP contribution in [-0.2, 0) is 4.79 Å². The van der Waals surface area contributed by atoms with E-state index in [2.05, 4.69) is 10.3 Å². The molecule has 8 nitrogen and oxygen atoms in total. The lowest BCUT2D eigenvalue weighted by Crippen LogP contribution is -2.41. The fourth-order valence-corrected chi connectivity index (χ4v) is 4.20. The fourth-order valence-electron chi connectivity index (χ4n) is 4.20. The molecule has 0 bridgehead atoms. The number of likely N-dealkylation sites (tertiary alicyclic amines) is 1. The number of aromatic nitrogens is 1. The summed E-state index contributed by atoms with van der Waals surface area (Å²) < 4.78 is 0. The normalized spacial score (nSPS) is 16.2. The van der Waals surface area contributed by atoms with Gasteiger partial charge in [-0.3, -0.25) is 29.1 Å². The zero-order valence-corrected chi connectivity index (χ0v) is 17.8. The number of nitrogens with zero attached hydrogens (tertiary/aromatic N) is 3. The van der Waals surface area contributed by atoms with E-state index in [-0.39, 0.29) is 36.6 Å². The van der Waals surface area contributed by atoms with Crippen molar-refractivity contribution in [2.45, 2.75) is 25.7 Å². The summed E-state index contributed by atoms with van der Waals surface area (Å²) in [6, 6.07) is 10.3. The number of benzene rings is 1. The summed E-state index contributed by atoms with van der Waals surface area (Å²) in [6.45, 7) is 2.12. The Hall–Kier alpha value is -3.55. The lowest BCUT2D eigenvalue weighted by molar-refractivity contribution is -0.121. The van der Waals surface area contributed by atoms with E-state index in [4.69, 9.17) is 0 Å². The highest BCUT2D eigenvalue weighted by Crippen LogP contribution is 2.23. The number of hydrogen-bond acceptors (Lipinski definition) is 5. The summed E-state index contributed by atoms with van der Waals surface area (Å²) in [5.41, 5.74) is 1.45. The highest BCUT2D eigenvalue weighted by Gasteiger charge is 2.34. The van der Waals surface area contributed by atoms with Gasteiger partial charge in [-0.1, -0.05) is 12.1 Å². The topological polar surface area (TPSA) is 99.7 Å². The second kappa shape index (κ2) is 9.72. The molecule has 0 unspecified atom stereocenters. The monoisotopic (exact) mass is 434 g/mol. The largest absolute Gasteiger partial charge is 0.356 e. The van der Waals surface area contributed by atoms with Crippen LogP contribution in [0, 0.1) is 5.92 Å². The molecule has 0 atom stereocenters.